The van der Waals surface area contributed by atoms with Gasteiger partial charge in [0.15, 0.2) is 0 Å². The average molecular weight is 955 g/mol. The lowest BCUT2D eigenvalue weighted by Gasteiger charge is -2.39. The Kier molecular flexibility index (Phi) is 12.3. The number of rotatable bonds is 9. The number of hydrogen-bond donors (Lipinski definition) is 4. The molecule has 13 nitrogen and oxygen atoms in total. The molecule has 10 rings (SSSR count). The lowest BCUT2D eigenvalue weighted by Crippen LogP contribution is -2.52. The maximum absolute atomic E-state index is 16.4. The van der Waals surface area contributed by atoms with Gasteiger partial charge >= 0.3 is 0 Å². The minimum atomic E-state index is -0.890. The molecular formula is C54H57ClFN7O6. The van der Waals surface area contributed by atoms with Crippen molar-refractivity contribution < 1.29 is 33.1 Å². The number of hydrogen-bond acceptors (Lipinski definition) is 9. The first kappa shape index (κ1) is 46.4. The van der Waals surface area contributed by atoms with Crippen molar-refractivity contribution in [3.8, 4) is 17.6 Å². The molecule has 1 aromatic heterocycles. The Hall–Kier alpha value is -6.30. The van der Waals surface area contributed by atoms with Crippen molar-refractivity contribution in [1.29, 1.82) is 0 Å². The zero-order chi connectivity index (χ0) is 48.4. The van der Waals surface area contributed by atoms with Gasteiger partial charge in [-0.15, -0.1) is 0 Å². The van der Waals surface area contributed by atoms with Gasteiger partial charge in [0.25, 0.3) is 11.8 Å². The summed E-state index contributed by atoms with van der Waals surface area (Å²) in [7, 11) is 1.50. The molecule has 6 heterocycles. The number of amides is 5. The highest BCUT2D eigenvalue weighted by Gasteiger charge is 2.62. The summed E-state index contributed by atoms with van der Waals surface area (Å²) in [5, 5.41) is 12.8. The topological polar surface area (TPSA) is 162 Å². The number of nitrogens with one attached hydrogen (secondary N) is 4. The zero-order valence-corrected chi connectivity index (χ0v) is 40.1. The van der Waals surface area contributed by atoms with Crippen LogP contribution in [-0.2, 0) is 26.3 Å². The highest BCUT2D eigenvalue weighted by Crippen LogP contribution is 2.57. The van der Waals surface area contributed by atoms with Crippen LogP contribution in [0.25, 0.3) is 0 Å². The van der Waals surface area contributed by atoms with Gasteiger partial charge in [-0.3, -0.25) is 34.3 Å². The Morgan fingerprint density at radius 3 is 2.62 bits per heavy atom. The smallest absolute Gasteiger partial charge is 0.255 e. The molecule has 1 spiro atoms. The zero-order valence-electron chi connectivity index (χ0n) is 39.3. The van der Waals surface area contributed by atoms with Crippen LogP contribution in [0.1, 0.15) is 133 Å². The molecule has 6 atom stereocenters. The summed E-state index contributed by atoms with van der Waals surface area (Å²) in [6.07, 6.45) is 7.56. The number of benzene rings is 3. The fourth-order valence-electron chi connectivity index (χ4n) is 11.5. The van der Waals surface area contributed by atoms with Gasteiger partial charge in [-0.1, -0.05) is 62.4 Å². The number of pyridine rings is 1. The number of likely N-dealkylation sites (tertiary alicyclic amines) is 1. The molecule has 0 bridgehead atoms. The first-order valence-corrected chi connectivity index (χ1v) is 24.5. The van der Waals surface area contributed by atoms with Crippen LogP contribution in [0.2, 0.25) is 5.02 Å². The predicted octanol–water partition coefficient (Wildman–Crippen LogP) is 7.68. The second-order valence-corrected chi connectivity index (χ2v) is 21.2. The normalized spacial score (nSPS) is 25.1. The van der Waals surface area contributed by atoms with Crippen LogP contribution in [-0.4, -0.2) is 89.2 Å². The van der Waals surface area contributed by atoms with Gasteiger partial charge in [-0.05, 0) is 103 Å². The third-order valence-electron chi connectivity index (χ3n) is 15.0. The molecule has 0 unspecified atom stereocenters. The quantitative estimate of drug-likeness (QED) is 0.0975. The first-order valence-electron chi connectivity index (χ1n) is 24.1. The molecule has 1 saturated carbocycles. The van der Waals surface area contributed by atoms with Crippen molar-refractivity contribution >= 4 is 52.5 Å². The number of carbonyl (C=O) groups excluding carboxylic acids is 5. The second-order valence-electron chi connectivity index (χ2n) is 20.8. The monoisotopic (exact) mass is 953 g/mol. The predicted molar refractivity (Wildman–Crippen MR) is 260 cm³/mol. The Bertz CT molecular complexity index is 2850. The first-order chi connectivity index (χ1) is 33.1. The third-order valence-corrected chi connectivity index (χ3v) is 15.3. The van der Waals surface area contributed by atoms with E-state index in [1.807, 2.05) is 17.2 Å². The van der Waals surface area contributed by atoms with Crippen molar-refractivity contribution in [3.63, 3.8) is 0 Å². The van der Waals surface area contributed by atoms with E-state index < -0.39 is 35.1 Å². The van der Waals surface area contributed by atoms with Gasteiger partial charge in [-0.2, -0.15) is 0 Å². The number of halogens is 2. The third kappa shape index (κ3) is 8.73. The number of nitrogens with zero attached hydrogens (tertiary/aromatic N) is 3. The molecule has 15 heteroatoms. The highest BCUT2D eigenvalue weighted by atomic mass is 35.5. The van der Waals surface area contributed by atoms with Crippen LogP contribution < -0.4 is 26.0 Å². The maximum atomic E-state index is 16.4. The lowest BCUT2D eigenvalue weighted by atomic mass is 9.63. The second kappa shape index (κ2) is 18.2. The minimum Gasteiger partial charge on any atom is -0.495 e. The molecule has 6 aliphatic rings. The van der Waals surface area contributed by atoms with Gasteiger partial charge in [0.05, 0.1) is 23.9 Å². The summed E-state index contributed by atoms with van der Waals surface area (Å²) in [4.78, 5) is 75.0. The molecule has 4 aromatic rings. The summed E-state index contributed by atoms with van der Waals surface area (Å²) in [5.74, 6) is 4.66. The summed E-state index contributed by atoms with van der Waals surface area (Å²) in [6.45, 7) is 8.29. The van der Waals surface area contributed by atoms with E-state index in [0.717, 1.165) is 53.8 Å². The molecule has 3 saturated heterocycles. The van der Waals surface area contributed by atoms with Gasteiger partial charge in [0, 0.05) is 102 Å². The van der Waals surface area contributed by atoms with E-state index in [-0.39, 0.29) is 65.4 Å². The SMILES string of the molecule is COc1cc(C(=O)N2CCC[C@@H](CC#Cc3cccc4c3CN([C@@H]3CCC(=O)NC3=O)C4=O)C2)ccc1NC(=O)[C@@H]1N[C@@H](CC(C)(C)C)[C@@]2(CNc3cc(C4CC4)ncc32)[C@H]1c1cccc(Cl)c1F. The number of ether oxygens (including phenoxy) is 1. The Morgan fingerprint density at radius 1 is 1.04 bits per heavy atom. The van der Waals surface area contributed by atoms with E-state index in [0.29, 0.717) is 66.5 Å². The van der Waals surface area contributed by atoms with Crippen LogP contribution in [0.4, 0.5) is 15.8 Å². The summed E-state index contributed by atoms with van der Waals surface area (Å²) >= 11 is 6.49. The van der Waals surface area contributed by atoms with Crippen molar-refractivity contribution in [2.24, 2.45) is 11.3 Å². The van der Waals surface area contributed by atoms with E-state index in [9.17, 15) is 24.0 Å². The Labute approximate surface area is 406 Å². The molecule has 4 N–H and O–H groups in total. The molecule has 0 radical (unpaired) electrons. The van der Waals surface area contributed by atoms with E-state index >= 15 is 4.39 Å². The largest absolute Gasteiger partial charge is 0.495 e. The van der Waals surface area contributed by atoms with Gasteiger partial charge in [0.1, 0.15) is 17.6 Å². The molecule has 3 aromatic carbocycles. The number of imide groups is 1. The highest BCUT2D eigenvalue weighted by molar-refractivity contribution is 6.30. The van der Waals surface area contributed by atoms with E-state index in [2.05, 4.69) is 59.9 Å². The van der Waals surface area contributed by atoms with E-state index in [1.54, 1.807) is 42.5 Å². The van der Waals surface area contributed by atoms with E-state index in [4.69, 9.17) is 21.3 Å². The molecule has 1 aliphatic carbocycles. The van der Waals surface area contributed by atoms with Crippen LogP contribution in [0.3, 0.4) is 0 Å². The van der Waals surface area contributed by atoms with Gasteiger partial charge in [-0.25, -0.2) is 4.39 Å². The fraction of sp³-hybridized carbons (Fsp3) is 0.444. The maximum Gasteiger partial charge on any atom is 0.255 e. The molecule has 5 aliphatic heterocycles. The Morgan fingerprint density at radius 2 is 1.86 bits per heavy atom. The van der Waals surface area contributed by atoms with E-state index in [1.165, 1.54) is 18.1 Å². The number of methoxy groups -OCH3 is 1. The number of piperidine rings is 2. The summed E-state index contributed by atoms with van der Waals surface area (Å²) < 4.78 is 22.3. The number of fused-ring (bicyclic) bond motifs is 3. The van der Waals surface area contributed by atoms with Gasteiger partial charge in [0.2, 0.25) is 17.7 Å². The minimum absolute atomic E-state index is 0.0141. The number of anilines is 2. The summed E-state index contributed by atoms with van der Waals surface area (Å²) in [5.41, 5.74) is 5.21. The van der Waals surface area contributed by atoms with Crippen molar-refractivity contribution in [2.45, 2.75) is 114 Å². The molecule has 69 heavy (non-hydrogen) atoms. The van der Waals surface area contributed by atoms with Crippen LogP contribution in [0.15, 0.2) is 66.9 Å². The molecular weight excluding hydrogens is 897 g/mol. The number of aromatic nitrogens is 1. The Balaban J connectivity index is 0.854. The average Bonchev–Trinajstić information content (AvgIpc) is 3.95. The molecule has 5 amide bonds. The van der Waals surface area contributed by atoms with Crippen molar-refractivity contribution in [3.05, 3.63) is 117 Å². The molecule has 358 valence electrons. The van der Waals surface area contributed by atoms with Crippen molar-refractivity contribution in [2.75, 3.05) is 37.4 Å². The van der Waals surface area contributed by atoms with Crippen molar-refractivity contribution in [1.82, 2.24) is 25.4 Å². The lowest BCUT2D eigenvalue weighted by molar-refractivity contribution is -0.137. The fourth-order valence-corrected chi connectivity index (χ4v) is 11.7. The van der Waals surface area contributed by atoms with Gasteiger partial charge < -0.3 is 30.5 Å². The molecule has 4 fully saturated rings. The summed E-state index contributed by atoms with van der Waals surface area (Å²) in [6, 6.07) is 15.7. The van der Waals surface area contributed by atoms with Crippen LogP contribution in [0, 0.1) is 29.0 Å². The van der Waals surface area contributed by atoms with Crippen LogP contribution in [0.5, 0.6) is 5.75 Å². The standard InChI is InChI=1S/C54H57ClFN7O6/c1-53(2,3)25-44-54(29-58-41-24-40(32-16-17-32)57-26-37(41)54)46(35-14-7-15-38(55)47(35)56)48(60-44)50(66)59-39-19-18-33(23-43(39)69-4)51(67)62-22-8-10-30(27-62)9-5-11-31-12-6-13-34-36(31)28-63(52(34)68)42-20-21-45(64)61-49(42)65/h6-7,12-15,18-19,23-24,26,30,32,42,44,46,48,58,60H,8-10,16-17,20-22,25,27-29H2,1-4H3,(H,59,66)(H,61,64,65)/t30-,42-,44+,46+,48-,54+/m1/s1. The van der Waals surface area contributed by atoms with Crippen LogP contribution >= 0.6 is 11.6 Å². The number of carbonyl (C=O) groups is 5.